The second-order valence-electron chi connectivity index (χ2n) is 6.09. The van der Waals surface area contributed by atoms with E-state index in [1.165, 1.54) is 6.42 Å². The summed E-state index contributed by atoms with van der Waals surface area (Å²) in [6.07, 6.45) is 8.86. The van der Waals surface area contributed by atoms with E-state index in [0.29, 0.717) is 13.0 Å². The van der Waals surface area contributed by atoms with E-state index in [9.17, 15) is 8.42 Å². The topological polar surface area (TPSA) is 60.9 Å². The molecule has 1 N–H and O–H groups in total. The summed E-state index contributed by atoms with van der Waals surface area (Å²) in [5, 5.41) is 9.15. The van der Waals surface area contributed by atoms with Gasteiger partial charge in [-0.3, -0.25) is 0 Å². The molecule has 0 aromatic carbocycles. The molecule has 0 aromatic rings. The Balaban J connectivity index is 2.09. The lowest BCUT2D eigenvalue weighted by Crippen LogP contribution is -2.52. The Kier molecular flexibility index (Phi) is 5.84. The normalized spacial score (nSPS) is 27.1. The van der Waals surface area contributed by atoms with Gasteiger partial charge in [-0.25, -0.2) is 0 Å². The summed E-state index contributed by atoms with van der Waals surface area (Å²) in [4.78, 5) is 0. The van der Waals surface area contributed by atoms with E-state index >= 15 is 0 Å². The maximum atomic E-state index is 12.8. The Morgan fingerprint density at radius 1 is 1.10 bits per heavy atom. The van der Waals surface area contributed by atoms with E-state index in [-0.39, 0.29) is 18.7 Å². The summed E-state index contributed by atoms with van der Waals surface area (Å²) >= 11 is 0. The molecule has 2 fully saturated rings. The number of hydrogen-bond acceptors (Lipinski definition) is 3. The van der Waals surface area contributed by atoms with Crippen molar-refractivity contribution in [2.75, 3.05) is 20.2 Å². The van der Waals surface area contributed by atoms with Crippen LogP contribution in [0.1, 0.15) is 57.8 Å². The van der Waals surface area contributed by atoms with Crippen LogP contribution in [0.25, 0.3) is 0 Å². The first-order valence-electron chi connectivity index (χ1n) is 7.93. The largest absolute Gasteiger partial charge is 0.396 e. The molecular formula is C14H28N2O3S. The summed E-state index contributed by atoms with van der Waals surface area (Å²) in [5.74, 6) is 0. The average molecular weight is 304 g/mol. The van der Waals surface area contributed by atoms with Crippen LogP contribution in [0.5, 0.6) is 0 Å². The lowest BCUT2D eigenvalue weighted by molar-refractivity contribution is 0.176. The molecule has 2 aliphatic rings. The summed E-state index contributed by atoms with van der Waals surface area (Å²) in [6, 6.07) is 0.134. The minimum Gasteiger partial charge on any atom is -0.396 e. The quantitative estimate of drug-likeness (QED) is 0.841. The highest BCUT2D eigenvalue weighted by molar-refractivity contribution is 7.86. The first-order chi connectivity index (χ1) is 9.57. The van der Waals surface area contributed by atoms with Crippen LogP contribution in [-0.4, -0.2) is 54.4 Å². The van der Waals surface area contributed by atoms with Crippen molar-refractivity contribution < 1.29 is 13.5 Å². The smallest absolute Gasteiger partial charge is 0.282 e. The second-order valence-corrected chi connectivity index (χ2v) is 8.03. The SMILES string of the molecule is CN(C1CCCCC1)S(=O)(=O)N1CCCCC1CCO. The number of rotatable bonds is 5. The number of piperidine rings is 1. The van der Waals surface area contributed by atoms with Crippen LogP contribution in [0.15, 0.2) is 0 Å². The van der Waals surface area contributed by atoms with Gasteiger partial charge in [0.05, 0.1) is 0 Å². The summed E-state index contributed by atoms with van der Waals surface area (Å²) in [7, 11) is -1.65. The summed E-state index contributed by atoms with van der Waals surface area (Å²) < 4.78 is 28.9. The van der Waals surface area contributed by atoms with Crippen molar-refractivity contribution in [3.63, 3.8) is 0 Å². The molecule has 2 rings (SSSR count). The van der Waals surface area contributed by atoms with Gasteiger partial charge in [0.2, 0.25) is 0 Å². The fourth-order valence-electron chi connectivity index (χ4n) is 3.51. The lowest BCUT2D eigenvalue weighted by atomic mass is 9.96. The molecule has 1 aliphatic heterocycles. The Morgan fingerprint density at radius 3 is 2.40 bits per heavy atom. The predicted molar refractivity (Wildman–Crippen MR) is 79.6 cm³/mol. The van der Waals surface area contributed by atoms with E-state index in [1.54, 1.807) is 15.7 Å². The zero-order valence-electron chi connectivity index (χ0n) is 12.5. The van der Waals surface area contributed by atoms with Crippen LogP contribution in [-0.2, 0) is 10.2 Å². The molecule has 1 aliphatic carbocycles. The Labute approximate surface area is 123 Å². The molecular weight excluding hydrogens is 276 g/mol. The molecule has 0 aromatic heterocycles. The van der Waals surface area contributed by atoms with Gasteiger partial charge in [-0.2, -0.15) is 17.0 Å². The number of nitrogens with zero attached hydrogens (tertiary/aromatic N) is 2. The highest BCUT2D eigenvalue weighted by atomic mass is 32.2. The molecule has 0 spiro atoms. The van der Waals surface area contributed by atoms with Gasteiger partial charge in [-0.1, -0.05) is 25.7 Å². The molecule has 1 heterocycles. The molecule has 6 heteroatoms. The van der Waals surface area contributed by atoms with Gasteiger partial charge in [-0.15, -0.1) is 0 Å². The van der Waals surface area contributed by atoms with Crippen LogP contribution in [0.3, 0.4) is 0 Å². The lowest BCUT2D eigenvalue weighted by Gasteiger charge is -2.39. The van der Waals surface area contributed by atoms with Crippen LogP contribution >= 0.6 is 0 Å². The minimum atomic E-state index is -3.38. The average Bonchev–Trinajstić information content (AvgIpc) is 2.48. The fourth-order valence-corrected chi connectivity index (χ4v) is 5.38. The van der Waals surface area contributed by atoms with Crippen molar-refractivity contribution in [1.82, 2.24) is 8.61 Å². The van der Waals surface area contributed by atoms with Crippen LogP contribution in [0.4, 0.5) is 0 Å². The third-order valence-corrected chi connectivity index (χ3v) is 6.88. The van der Waals surface area contributed by atoms with Gasteiger partial charge in [0, 0.05) is 32.3 Å². The molecule has 20 heavy (non-hydrogen) atoms. The summed E-state index contributed by atoms with van der Waals surface area (Å²) in [6.45, 7) is 0.661. The maximum Gasteiger partial charge on any atom is 0.282 e. The van der Waals surface area contributed by atoms with Gasteiger partial charge >= 0.3 is 0 Å². The molecule has 5 nitrogen and oxygen atoms in total. The van der Waals surface area contributed by atoms with Gasteiger partial charge in [0.15, 0.2) is 0 Å². The predicted octanol–water partition coefficient (Wildman–Crippen LogP) is 1.73. The van der Waals surface area contributed by atoms with Gasteiger partial charge < -0.3 is 5.11 Å². The highest BCUT2D eigenvalue weighted by Gasteiger charge is 2.37. The van der Waals surface area contributed by atoms with Crippen molar-refractivity contribution in [2.24, 2.45) is 0 Å². The molecule has 1 saturated heterocycles. The monoisotopic (exact) mass is 304 g/mol. The second kappa shape index (κ2) is 7.20. The summed E-state index contributed by atoms with van der Waals surface area (Å²) in [5.41, 5.74) is 0. The molecule has 0 amide bonds. The molecule has 1 unspecified atom stereocenters. The molecule has 1 saturated carbocycles. The zero-order chi connectivity index (χ0) is 14.6. The first-order valence-corrected chi connectivity index (χ1v) is 9.32. The molecule has 1 atom stereocenters. The van der Waals surface area contributed by atoms with Gasteiger partial charge in [-0.05, 0) is 32.1 Å². The third kappa shape index (κ3) is 3.53. The number of hydrogen-bond donors (Lipinski definition) is 1. The van der Waals surface area contributed by atoms with E-state index in [4.69, 9.17) is 5.11 Å². The Bertz CT molecular complexity index is 391. The fraction of sp³-hybridized carbons (Fsp3) is 1.00. The van der Waals surface area contributed by atoms with Crippen molar-refractivity contribution in [1.29, 1.82) is 0 Å². The highest BCUT2D eigenvalue weighted by Crippen LogP contribution is 2.28. The molecule has 0 bridgehead atoms. The van der Waals surface area contributed by atoms with Crippen LogP contribution in [0, 0.1) is 0 Å². The first kappa shape index (κ1) is 16.2. The van der Waals surface area contributed by atoms with Crippen molar-refractivity contribution in [2.45, 2.75) is 69.9 Å². The van der Waals surface area contributed by atoms with E-state index in [2.05, 4.69) is 0 Å². The molecule has 0 radical (unpaired) electrons. The van der Waals surface area contributed by atoms with Gasteiger partial charge in [0.1, 0.15) is 0 Å². The maximum absolute atomic E-state index is 12.8. The van der Waals surface area contributed by atoms with E-state index in [0.717, 1.165) is 44.9 Å². The van der Waals surface area contributed by atoms with Crippen molar-refractivity contribution in [3.8, 4) is 0 Å². The Morgan fingerprint density at radius 2 is 1.75 bits per heavy atom. The van der Waals surface area contributed by atoms with E-state index < -0.39 is 10.2 Å². The standard InChI is InChI=1S/C14H28N2O3S/c1-15(13-7-3-2-4-8-13)20(18,19)16-11-6-5-9-14(16)10-12-17/h13-14,17H,2-12H2,1H3. The Hall–Kier alpha value is -0.170. The van der Waals surface area contributed by atoms with Crippen molar-refractivity contribution in [3.05, 3.63) is 0 Å². The molecule has 118 valence electrons. The van der Waals surface area contributed by atoms with Crippen LogP contribution in [0.2, 0.25) is 0 Å². The van der Waals surface area contributed by atoms with Gasteiger partial charge in [0.25, 0.3) is 10.2 Å². The van der Waals surface area contributed by atoms with E-state index in [1.807, 2.05) is 0 Å². The van der Waals surface area contributed by atoms with Crippen LogP contribution < -0.4 is 0 Å². The van der Waals surface area contributed by atoms with Crippen molar-refractivity contribution >= 4 is 10.2 Å². The third-order valence-electron chi connectivity index (χ3n) is 4.78. The zero-order valence-corrected chi connectivity index (χ0v) is 13.3. The number of aliphatic hydroxyl groups excluding tert-OH is 1. The minimum absolute atomic E-state index is 0.0233. The number of aliphatic hydroxyl groups is 1.